The SMILES string of the molecule is Cc1ccc(S(=O)(=O)NCCc2nnc(NC(=O)c3ccc(Cl)cc3[N+](=O)[O-])s2)cc1. The zero-order valence-electron chi connectivity index (χ0n) is 16.0. The highest BCUT2D eigenvalue weighted by molar-refractivity contribution is 7.89. The number of anilines is 1. The van der Waals surface area contributed by atoms with Gasteiger partial charge in [-0.1, -0.05) is 40.6 Å². The number of hydrogen-bond donors (Lipinski definition) is 2. The highest BCUT2D eigenvalue weighted by atomic mass is 35.5. The molecular weight excluding hydrogens is 466 g/mol. The number of carbonyl (C=O) groups excluding carboxylic acids is 1. The van der Waals surface area contributed by atoms with Gasteiger partial charge in [0.25, 0.3) is 11.6 Å². The smallest absolute Gasteiger partial charge is 0.283 e. The predicted octanol–water partition coefficient (Wildman–Crippen LogP) is 3.18. The van der Waals surface area contributed by atoms with E-state index < -0.39 is 26.5 Å². The quantitative estimate of drug-likeness (QED) is 0.371. The van der Waals surface area contributed by atoms with Gasteiger partial charge in [0.1, 0.15) is 10.6 Å². The van der Waals surface area contributed by atoms with Crippen LogP contribution < -0.4 is 10.0 Å². The van der Waals surface area contributed by atoms with E-state index in [0.717, 1.165) is 23.0 Å². The topological polar surface area (TPSA) is 144 Å². The summed E-state index contributed by atoms with van der Waals surface area (Å²) in [5.41, 5.74) is 0.351. The summed E-state index contributed by atoms with van der Waals surface area (Å²) >= 11 is 6.79. The van der Waals surface area contributed by atoms with Crippen molar-refractivity contribution in [1.29, 1.82) is 0 Å². The fourth-order valence-corrected chi connectivity index (χ4v) is 4.44. The van der Waals surface area contributed by atoms with Crippen LogP contribution in [0.15, 0.2) is 47.4 Å². The largest absolute Gasteiger partial charge is 0.296 e. The maximum atomic E-state index is 12.4. The Kier molecular flexibility index (Phi) is 6.95. The van der Waals surface area contributed by atoms with Crippen LogP contribution in [0, 0.1) is 17.0 Å². The van der Waals surface area contributed by atoms with Crippen molar-refractivity contribution >= 4 is 49.7 Å². The molecule has 0 aliphatic rings. The highest BCUT2D eigenvalue weighted by Crippen LogP contribution is 2.25. The normalized spacial score (nSPS) is 11.3. The van der Waals surface area contributed by atoms with Crippen molar-refractivity contribution in [2.75, 3.05) is 11.9 Å². The van der Waals surface area contributed by atoms with Gasteiger partial charge in [0.15, 0.2) is 0 Å². The minimum atomic E-state index is -3.65. The summed E-state index contributed by atoms with van der Waals surface area (Å²) in [6.45, 7) is 1.95. The van der Waals surface area contributed by atoms with Gasteiger partial charge in [-0.2, -0.15) is 0 Å². The molecule has 0 saturated carbocycles. The lowest BCUT2D eigenvalue weighted by Crippen LogP contribution is -2.25. The molecule has 2 N–H and O–H groups in total. The number of nitrogens with one attached hydrogen (secondary N) is 2. The Labute approximate surface area is 186 Å². The summed E-state index contributed by atoms with van der Waals surface area (Å²) in [5.74, 6) is -0.730. The van der Waals surface area contributed by atoms with E-state index in [-0.39, 0.29) is 33.6 Å². The number of aryl methyl sites for hydroxylation is 1. The number of benzene rings is 2. The first-order valence-corrected chi connectivity index (χ1v) is 11.5. The minimum absolute atomic E-state index is 0.0848. The monoisotopic (exact) mass is 481 g/mol. The Morgan fingerprint density at radius 1 is 1.19 bits per heavy atom. The number of halogens is 1. The van der Waals surface area contributed by atoms with Crippen molar-refractivity contribution < 1.29 is 18.1 Å². The Morgan fingerprint density at radius 3 is 2.58 bits per heavy atom. The summed E-state index contributed by atoms with van der Waals surface area (Å²) in [4.78, 5) is 23.0. The number of carbonyl (C=O) groups is 1. The van der Waals surface area contributed by atoms with Crippen molar-refractivity contribution in [3.8, 4) is 0 Å². The third-order valence-electron chi connectivity index (χ3n) is 4.05. The molecule has 13 heteroatoms. The summed E-state index contributed by atoms with van der Waals surface area (Å²) < 4.78 is 27.1. The van der Waals surface area contributed by atoms with Gasteiger partial charge in [-0.3, -0.25) is 20.2 Å². The molecule has 10 nitrogen and oxygen atoms in total. The van der Waals surface area contributed by atoms with Gasteiger partial charge in [0.05, 0.1) is 9.82 Å². The highest BCUT2D eigenvalue weighted by Gasteiger charge is 2.22. The van der Waals surface area contributed by atoms with Gasteiger partial charge in [0.2, 0.25) is 15.2 Å². The summed E-state index contributed by atoms with van der Waals surface area (Å²) in [7, 11) is -3.65. The first kappa shape index (κ1) is 22.7. The second-order valence-electron chi connectivity index (χ2n) is 6.33. The van der Waals surface area contributed by atoms with E-state index in [0.29, 0.717) is 5.01 Å². The van der Waals surface area contributed by atoms with E-state index in [2.05, 4.69) is 20.2 Å². The van der Waals surface area contributed by atoms with Crippen molar-refractivity contribution in [3.05, 3.63) is 73.7 Å². The van der Waals surface area contributed by atoms with E-state index in [1.807, 2.05) is 6.92 Å². The van der Waals surface area contributed by atoms with Crippen LogP contribution in [0.1, 0.15) is 20.9 Å². The van der Waals surface area contributed by atoms with Crippen molar-refractivity contribution in [3.63, 3.8) is 0 Å². The maximum Gasteiger partial charge on any atom is 0.283 e. The fraction of sp³-hybridized carbons (Fsp3) is 0.167. The van der Waals surface area contributed by atoms with Gasteiger partial charge in [-0.25, -0.2) is 13.1 Å². The number of rotatable bonds is 8. The molecule has 0 atom stereocenters. The molecule has 31 heavy (non-hydrogen) atoms. The van der Waals surface area contributed by atoms with Crippen LogP contribution >= 0.6 is 22.9 Å². The van der Waals surface area contributed by atoms with Crippen LogP contribution in [0.3, 0.4) is 0 Å². The molecule has 1 amide bonds. The Hall–Kier alpha value is -2.93. The molecule has 2 aromatic carbocycles. The number of amides is 1. The van der Waals surface area contributed by atoms with Crippen LogP contribution in [0.25, 0.3) is 0 Å². The van der Waals surface area contributed by atoms with Crippen molar-refractivity contribution in [2.45, 2.75) is 18.2 Å². The van der Waals surface area contributed by atoms with Crippen LogP contribution in [0.4, 0.5) is 10.8 Å². The standard InChI is InChI=1S/C18H16ClN5O5S2/c1-11-2-5-13(6-3-11)31(28,29)20-9-8-16-22-23-18(30-16)21-17(25)14-7-4-12(19)10-15(14)24(26)27/h2-7,10,20H,8-9H2,1H3,(H,21,23,25). The number of sulfonamides is 1. The second kappa shape index (κ2) is 9.47. The molecule has 0 spiro atoms. The molecule has 0 saturated heterocycles. The molecular formula is C18H16ClN5O5S2. The fourth-order valence-electron chi connectivity index (χ4n) is 2.51. The first-order valence-electron chi connectivity index (χ1n) is 8.80. The van der Waals surface area contributed by atoms with E-state index in [4.69, 9.17) is 11.6 Å². The van der Waals surface area contributed by atoms with Crippen LogP contribution in [0.2, 0.25) is 5.02 Å². The van der Waals surface area contributed by atoms with Gasteiger partial charge in [0, 0.05) is 24.1 Å². The van der Waals surface area contributed by atoms with Crippen LogP contribution in [0.5, 0.6) is 0 Å². The Balaban J connectivity index is 1.60. The molecule has 0 aliphatic carbocycles. The third kappa shape index (κ3) is 5.82. The van der Waals surface area contributed by atoms with Crippen LogP contribution in [-0.4, -0.2) is 36.0 Å². The minimum Gasteiger partial charge on any atom is -0.296 e. The van der Waals surface area contributed by atoms with Gasteiger partial charge in [-0.15, -0.1) is 10.2 Å². The molecule has 0 fully saturated rings. The molecule has 0 radical (unpaired) electrons. The Morgan fingerprint density at radius 2 is 1.90 bits per heavy atom. The summed E-state index contributed by atoms with van der Waals surface area (Å²) in [6, 6.07) is 10.2. The molecule has 3 aromatic rings. The Bertz CT molecular complexity index is 1230. The lowest BCUT2D eigenvalue weighted by Gasteiger charge is -2.05. The van der Waals surface area contributed by atoms with Crippen LogP contribution in [-0.2, 0) is 16.4 Å². The van der Waals surface area contributed by atoms with Crippen molar-refractivity contribution in [2.24, 2.45) is 0 Å². The van der Waals surface area contributed by atoms with E-state index in [1.54, 1.807) is 12.1 Å². The maximum absolute atomic E-state index is 12.4. The number of nitrogens with zero attached hydrogens (tertiary/aromatic N) is 3. The average Bonchev–Trinajstić information content (AvgIpc) is 3.15. The van der Waals surface area contributed by atoms with E-state index >= 15 is 0 Å². The number of hydrogen-bond acceptors (Lipinski definition) is 8. The lowest BCUT2D eigenvalue weighted by atomic mass is 10.1. The van der Waals surface area contributed by atoms with Crippen molar-refractivity contribution in [1.82, 2.24) is 14.9 Å². The van der Waals surface area contributed by atoms with Gasteiger partial charge >= 0.3 is 0 Å². The van der Waals surface area contributed by atoms with E-state index in [1.165, 1.54) is 24.3 Å². The number of aromatic nitrogens is 2. The molecule has 3 rings (SSSR count). The lowest BCUT2D eigenvalue weighted by molar-refractivity contribution is -0.385. The zero-order valence-corrected chi connectivity index (χ0v) is 18.4. The molecule has 0 aliphatic heterocycles. The molecule has 0 bridgehead atoms. The summed E-state index contributed by atoms with van der Waals surface area (Å²) in [6.07, 6.45) is 0.250. The number of nitro benzene ring substituents is 1. The van der Waals surface area contributed by atoms with E-state index in [9.17, 15) is 23.3 Å². The first-order chi connectivity index (χ1) is 14.7. The molecule has 0 unspecified atom stereocenters. The van der Waals surface area contributed by atoms with Gasteiger partial charge in [-0.05, 0) is 31.2 Å². The zero-order chi connectivity index (χ0) is 22.6. The predicted molar refractivity (Wildman–Crippen MR) is 116 cm³/mol. The number of nitro groups is 1. The third-order valence-corrected chi connectivity index (χ3v) is 6.66. The molecule has 1 heterocycles. The molecule has 162 valence electrons. The second-order valence-corrected chi connectivity index (χ2v) is 9.60. The molecule has 1 aromatic heterocycles. The summed E-state index contributed by atoms with van der Waals surface area (Å²) in [5, 5.41) is 22.1. The van der Waals surface area contributed by atoms with Gasteiger partial charge < -0.3 is 0 Å². The average molecular weight is 482 g/mol.